The Hall–Kier alpha value is -1.00. The first-order valence-electron chi connectivity index (χ1n) is 3.91. The van der Waals surface area contributed by atoms with Crippen LogP contribution >= 0.6 is 0 Å². The van der Waals surface area contributed by atoms with Crippen LogP contribution in [0.3, 0.4) is 0 Å². The SMILES string of the molecule is C[C@@H](O)[C@@H](N)c1cc(F)ccc1F. The zero-order chi connectivity index (χ0) is 10.0. The summed E-state index contributed by atoms with van der Waals surface area (Å²) in [6, 6.07) is 2.10. The van der Waals surface area contributed by atoms with Gasteiger partial charge in [-0.3, -0.25) is 0 Å². The fraction of sp³-hybridized carbons (Fsp3) is 0.333. The Morgan fingerprint density at radius 1 is 1.38 bits per heavy atom. The lowest BCUT2D eigenvalue weighted by Gasteiger charge is -2.15. The van der Waals surface area contributed by atoms with Crippen molar-refractivity contribution in [3.8, 4) is 0 Å². The molecular formula is C9H11F2NO. The molecule has 4 heteroatoms. The molecule has 1 aromatic carbocycles. The van der Waals surface area contributed by atoms with Gasteiger partial charge in [-0.15, -0.1) is 0 Å². The van der Waals surface area contributed by atoms with Gasteiger partial charge in [-0.2, -0.15) is 0 Å². The van der Waals surface area contributed by atoms with Crippen molar-refractivity contribution in [2.24, 2.45) is 5.73 Å². The fourth-order valence-electron chi connectivity index (χ4n) is 1.03. The Labute approximate surface area is 75.0 Å². The number of halogens is 2. The summed E-state index contributed by atoms with van der Waals surface area (Å²) in [7, 11) is 0. The third kappa shape index (κ3) is 2.23. The van der Waals surface area contributed by atoms with E-state index >= 15 is 0 Å². The van der Waals surface area contributed by atoms with Gasteiger partial charge < -0.3 is 10.8 Å². The van der Waals surface area contributed by atoms with Gasteiger partial charge >= 0.3 is 0 Å². The monoisotopic (exact) mass is 187 g/mol. The molecule has 1 aromatic rings. The third-order valence-electron chi connectivity index (χ3n) is 1.84. The van der Waals surface area contributed by atoms with E-state index in [4.69, 9.17) is 10.8 Å². The number of hydrogen-bond acceptors (Lipinski definition) is 2. The summed E-state index contributed by atoms with van der Waals surface area (Å²) in [5.74, 6) is -1.16. The number of benzene rings is 1. The lowest BCUT2D eigenvalue weighted by molar-refractivity contribution is 0.162. The maximum Gasteiger partial charge on any atom is 0.128 e. The van der Waals surface area contributed by atoms with E-state index in [2.05, 4.69) is 0 Å². The normalized spacial score (nSPS) is 15.5. The molecule has 0 aromatic heterocycles. The topological polar surface area (TPSA) is 46.2 Å². The van der Waals surface area contributed by atoms with Gasteiger partial charge in [0.1, 0.15) is 11.6 Å². The van der Waals surface area contributed by atoms with Crippen molar-refractivity contribution < 1.29 is 13.9 Å². The van der Waals surface area contributed by atoms with Crippen molar-refractivity contribution in [2.45, 2.75) is 19.1 Å². The molecule has 13 heavy (non-hydrogen) atoms. The molecule has 72 valence electrons. The van der Waals surface area contributed by atoms with E-state index in [0.717, 1.165) is 18.2 Å². The summed E-state index contributed by atoms with van der Waals surface area (Å²) in [5, 5.41) is 9.08. The molecule has 2 atom stereocenters. The van der Waals surface area contributed by atoms with E-state index < -0.39 is 23.8 Å². The van der Waals surface area contributed by atoms with E-state index in [-0.39, 0.29) is 5.56 Å². The molecule has 0 heterocycles. The fourth-order valence-corrected chi connectivity index (χ4v) is 1.03. The van der Waals surface area contributed by atoms with Gasteiger partial charge in [0.25, 0.3) is 0 Å². The lowest BCUT2D eigenvalue weighted by Crippen LogP contribution is -2.24. The van der Waals surface area contributed by atoms with Crippen molar-refractivity contribution in [3.05, 3.63) is 35.4 Å². The van der Waals surface area contributed by atoms with Gasteiger partial charge in [-0.1, -0.05) is 0 Å². The van der Waals surface area contributed by atoms with Crippen LogP contribution in [0.4, 0.5) is 8.78 Å². The molecule has 1 rings (SSSR count). The molecule has 0 unspecified atom stereocenters. The molecular weight excluding hydrogens is 176 g/mol. The van der Waals surface area contributed by atoms with E-state index in [1.54, 1.807) is 0 Å². The minimum atomic E-state index is -0.906. The average Bonchev–Trinajstić information content (AvgIpc) is 2.08. The highest BCUT2D eigenvalue weighted by atomic mass is 19.1. The molecule has 0 aliphatic heterocycles. The molecule has 0 aliphatic rings. The van der Waals surface area contributed by atoms with Crippen LogP contribution in [0.2, 0.25) is 0 Å². The second-order valence-electron chi connectivity index (χ2n) is 2.93. The van der Waals surface area contributed by atoms with Crippen LogP contribution in [-0.4, -0.2) is 11.2 Å². The van der Waals surface area contributed by atoms with E-state index in [0.29, 0.717) is 0 Å². The van der Waals surface area contributed by atoms with Crippen LogP contribution in [0.1, 0.15) is 18.5 Å². The number of hydrogen-bond donors (Lipinski definition) is 2. The van der Waals surface area contributed by atoms with E-state index in [1.807, 2.05) is 0 Å². The Morgan fingerprint density at radius 2 is 2.00 bits per heavy atom. The predicted molar refractivity (Wildman–Crippen MR) is 45.0 cm³/mol. The summed E-state index contributed by atoms with van der Waals surface area (Å²) in [5.41, 5.74) is 5.45. The minimum Gasteiger partial charge on any atom is -0.391 e. The molecule has 0 aliphatic carbocycles. The molecule has 0 amide bonds. The van der Waals surface area contributed by atoms with E-state index in [1.165, 1.54) is 6.92 Å². The number of aliphatic hydroxyl groups is 1. The molecule has 0 spiro atoms. The highest BCUT2D eigenvalue weighted by molar-refractivity contribution is 5.22. The molecule has 0 radical (unpaired) electrons. The van der Waals surface area contributed by atoms with Crippen molar-refractivity contribution in [3.63, 3.8) is 0 Å². The van der Waals surface area contributed by atoms with Crippen LogP contribution in [-0.2, 0) is 0 Å². The molecule has 0 bridgehead atoms. The Kier molecular flexibility index (Phi) is 2.95. The molecule has 0 fully saturated rings. The Bertz CT molecular complexity index is 302. The lowest BCUT2D eigenvalue weighted by atomic mass is 10.0. The first-order valence-corrected chi connectivity index (χ1v) is 3.91. The zero-order valence-electron chi connectivity index (χ0n) is 7.17. The molecule has 3 N–H and O–H groups in total. The summed E-state index contributed by atoms with van der Waals surface area (Å²) in [4.78, 5) is 0. The summed E-state index contributed by atoms with van der Waals surface area (Å²) in [6.07, 6.45) is -0.906. The number of rotatable bonds is 2. The van der Waals surface area contributed by atoms with Crippen LogP contribution < -0.4 is 5.73 Å². The van der Waals surface area contributed by atoms with Gasteiger partial charge in [-0.25, -0.2) is 8.78 Å². The maximum absolute atomic E-state index is 13.0. The van der Waals surface area contributed by atoms with Crippen molar-refractivity contribution in [1.29, 1.82) is 0 Å². The van der Waals surface area contributed by atoms with E-state index in [9.17, 15) is 8.78 Å². The average molecular weight is 187 g/mol. The quantitative estimate of drug-likeness (QED) is 0.734. The molecule has 0 saturated carbocycles. The number of aliphatic hydroxyl groups excluding tert-OH is 1. The number of nitrogens with two attached hydrogens (primary N) is 1. The largest absolute Gasteiger partial charge is 0.391 e. The molecule has 2 nitrogen and oxygen atoms in total. The van der Waals surface area contributed by atoms with Crippen molar-refractivity contribution in [2.75, 3.05) is 0 Å². The predicted octanol–water partition coefficient (Wildman–Crippen LogP) is 1.35. The minimum absolute atomic E-state index is 0.00463. The third-order valence-corrected chi connectivity index (χ3v) is 1.84. The highest BCUT2D eigenvalue weighted by Gasteiger charge is 2.16. The highest BCUT2D eigenvalue weighted by Crippen LogP contribution is 2.18. The maximum atomic E-state index is 13.0. The summed E-state index contributed by atoms with van der Waals surface area (Å²) < 4.78 is 25.7. The summed E-state index contributed by atoms with van der Waals surface area (Å²) >= 11 is 0. The second kappa shape index (κ2) is 3.81. The van der Waals surface area contributed by atoms with Crippen molar-refractivity contribution >= 4 is 0 Å². The Balaban J connectivity index is 3.05. The van der Waals surface area contributed by atoms with Crippen LogP contribution in [0, 0.1) is 11.6 Å². The van der Waals surface area contributed by atoms with Crippen LogP contribution in [0.5, 0.6) is 0 Å². The zero-order valence-corrected chi connectivity index (χ0v) is 7.17. The Morgan fingerprint density at radius 3 is 2.54 bits per heavy atom. The molecule has 0 saturated heterocycles. The summed E-state index contributed by atoms with van der Waals surface area (Å²) in [6.45, 7) is 1.43. The van der Waals surface area contributed by atoms with Crippen LogP contribution in [0.25, 0.3) is 0 Å². The van der Waals surface area contributed by atoms with Gasteiger partial charge in [-0.05, 0) is 25.1 Å². The standard InChI is InChI=1S/C9H11F2NO/c1-5(13)9(12)7-4-6(10)2-3-8(7)11/h2-5,9,13H,12H2,1H3/t5-,9-/m1/s1. The van der Waals surface area contributed by atoms with Crippen LogP contribution in [0.15, 0.2) is 18.2 Å². The van der Waals surface area contributed by atoms with Gasteiger partial charge in [0.05, 0.1) is 12.1 Å². The first kappa shape index (κ1) is 10.1. The van der Waals surface area contributed by atoms with Gasteiger partial charge in [0.15, 0.2) is 0 Å². The second-order valence-corrected chi connectivity index (χ2v) is 2.93. The van der Waals surface area contributed by atoms with Gasteiger partial charge in [0, 0.05) is 5.56 Å². The van der Waals surface area contributed by atoms with Crippen molar-refractivity contribution in [1.82, 2.24) is 0 Å². The first-order chi connectivity index (χ1) is 6.02. The van der Waals surface area contributed by atoms with Gasteiger partial charge in [0.2, 0.25) is 0 Å². The smallest absolute Gasteiger partial charge is 0.128 e.